The number of pyridine rings is 2. The fraction of sp³-hybridized carbons (Fsp3) is 0. The van der Waals surface area contributed by atoms with Crippen LogP contribution < -0.4 is 11.3 Å². The highest BCUT2D eigenvalue weighted by Crippen LogP contribution is 2.34. The van der Waals surface area contributed by atoms with Gasteiger partial charge in [-0.3, -0.25) is 0 Å². The van der Waals surface area contributed by atoms with E-state index in [1.807, 2.05) is 48.5 Å². The average molecular weight is 311 g/mol. The number of fused-ring (bicyclic) bond motifs is 1. The summed E-state index contributed by atoms with van der Waals surface area (Å²) in [6.07, 6.45) is 1.70. The summed E-state index contributed by atoms with van der Waals surface area (Å²) in [5.41, 5.74) is 7.62. The molecule has 0 fully saturated rings. The molecule has 4 aromatic rings. The number of anilines is 1. The Morgan fingerprint density at radius 1 is 0.917 bits per heavy atom. The van der Waals surface area contributed by atoms with Gasteiger partial charge in [0.1, 0.15) is 5.82 Å². The Bertz CT molecular complexity index is 982. The zero-order valence-corrected chi connectivity index (χ0v) is 12.9. The van der Waals surface area contributed by atoms with Crippen LogP contribution in [0.2, 0.25) is 0 Å². The summed E-state index contributed by atoms with van der Waals surface area (Å²) < 4.78 is 0. The highest BCUT2D eigenvalue weighted by atomic mass is 15.2. The maximum Gasteiger partial charge on any atom is 0.149 e. The lowest BCUT2D eigenvalue weighted by Crippen LogP contribution is -2.09. The molecule has 0 aliphatic rings. The van der Waals surface area contributed by atoms with Crippen molar-refractivity contribution in [2.24, 2.45) is 5.84 Å². The molecule has 4 nitrogen and oxygen atoms in total. The van der Waals surface area contributed by atoms with E-state index in [2.05, 4.69) is 34.7 Å². The highest BCUT2D eigenvalue weighted by Gasteiger charge is 2.13. The lowest BCUT2D eigenvalue weighted by atomic mass is 9.97. The molecule has 0 spiro atoms. The van der Waals surface area contributed by atoms with Crippen LogP contribution >= 0.6 is 0 Å². The van der Waals surface area contributed by atoms with E-state index in [0.717, 1.165) is 33.3 Å². The van der Waals surface area contributed by atoms with Gasteiger partial charge in [0.25, 0.3) is 0 Å². The number of nitrogens with two attached hydrogens (primary N) is 1. The van der Waals surface area contributed by atoms with E-state index < -0.39 is 0 Å². The molecule has 0 amide bonds. The molecule has 3 N–H and O–H groups in total. The predicted molar refractivity (Wildman–Crippen MR) is 97.1 cm³/mol. The van der Waals surface area contributed by atoms with Crippen molar-refractivity contribution in [3.63, 3.8) is 0 Å². The summed E-state index contributed by atoms with van der Waals surface area (Å²) in [5, 5.41) is 0.894. The lowest BCUT2D eigenvalue weighted by Gasteiger charge is -2.13. The van der Waals surface area contributed by atoms with Crippen LogP contribution in [0.4, 0.5) is 5.82 Å². The summed E-state index contributed by atoms with van der Waals surface area (Å²) in [6, 6.07) is 25.1. The van der Waals surface area contributed by atoms with Gasteiger partial charge in [-0.05, 0) is 23.8 Å². The molecule has 0 aliphatic heterocycles. The molecule has 24 heavy (non-hydrogen) atoms. The molecule has 0 saturated carbocycles. The number of rotatable bonds is 3. The standard InChI is InChI=1S/C20H15N4/c21-24-20-17-13-16(14-7-3-1-4-8-14)19(15-9-5-2-6-10-15)23-18(17)11-12-22-20/h1,3-13H,21H2,(H,22,24). The molecule has 0 aliphatic carbocycles. The minimum Gasteiger partial charge on any atom is -0.308 e. The van der Waals surface area contributed by atoms with E-state index in [9.17, 15) is 0 Å². The van der Waals surface area contributed by atoms with E-state index >= 15 is 0 Å². The molecule has 0 saturated heterocycles. The Kier molecular flexibility index (Phi) is 3.65. The molecule has 2 heterocycles. The third-order valence-corrected chi connectivity index (χ3v) is 3.96. The first kappa shape index (κ1) is 14.4. The minimum absolute atomic E-state index is 0.616. The zero-order chi connectivity index (χ0) is 16.4. The van der Waals surface area contributed by atoms with Gasteiger partial charge >= 0.3 is 0 Å². The number of benzene rings is 2. The Morgan fingerprint density at radius 3 is 2.46 bits per heavy atom. The Hall–Kier alpha value is -3.24. The first-order chi connectivity index (χ1) is 11.9. The van der Waals surface area contributed by atoms with Crippen LogP contribution in [0.25, 0.3) is 33.3 Å². The van der Waals surface area contributed by atoms with Crippen LogP contribution in [-0.2, 0) is 0 Å². The van der Waals surface area contributed by atoms with Crippen molar-refractivity contribution < 1.29 is 0 Å². The number of aromatic nitrogens is 2. The summed E-state index contributed by atoms with van der Waals surface area (Å²) in [4.78, 5) is 9.16. The first-order valence-corrected chi connectivity index (χ1v) is 7.65. The van der Waals surface area contributed by atoms with Gasteiger partial charge in [-0.25, -0.2) is 15.8 Å². The Balaban J connectivity index is 2.06. The van der Waals surface area contributed by atoms with Gasteiger partial charge in [-0.15, -0.1) is 0 Å². The van der Waals surface area contributed by atoms with Crippen molar-refractivity contribution in [3.05, 3.63) is 79.0 Å². The van der Waals surface area contributed by atoms with Gasteiger partial charge in [0, 0.05) is 22.7 Å². The average Bonchev–Trinajstić information content (AvgIpc) is 2.68. The van der Waals surface area contributed by atoms with Crippen molar-refractivity contribution in [3.8, 4) is 22.4 Å². The Labute approximate surface area is 140 Å². The van der Waals surface area contributed by atoms with Crippen molar-refractivity contribution >= 4 is 16.7 Å². The van der Waals surface area contributed by atoms with E-state index in [4.69, 9.17) is 10.8 Å². The third-order valence-electron chi connectivity index (χ3n) is 3.96. The zero-order valence-electron chi connectivity index (χ0n) is 12.9. The third kappa shape index (κ3) is 2.49. The van der Waals surface area contributed by atoms with Gasteiger partial charge in [0.05, 0.1) is 11.2 Å². The second-order valence-electron chi connectivity index (χ2n) is 5.41. The molecule has 0 atom stereocenters. The quantitative estimate of drug-likeness (QED) is 0.442. The SMILES string of the molecule is NNc1nccc2nc(-c3cc[c]cc3)c(-c3ccccc3)cc12. The van der Waals surface area contributed by atoms with Crippen molar-refractivity contribution in [1.82, 2.24) is 9.97 Å². The van der Waals surface area contributed by atoms with Crippen LogP contribution in [0.3, 0.4) is 0 Å². The van der Waals surface area contributed by atoms with Gasteiger partial charge in [-0.1, -0.05) is 54.6 Å². The summed E-state index contributed by atoms with van der Waals surface area (Å²) in [6.45, 7) is 0. The number of nitrogen functional groups attached to an aromatic ring is 1. The molecule has 1 radical (unpaired) electrons. The number of hydrogen-bond acceptors (Lipinski definition) is 4. The van der Waals surface area contributed by atoms with Crippen molar-refractivity contribution in [1.29, 1.82) is 0 Å². The van der Waals surface area contributed by atoms with Crippen LogP contribution in [0, 0.1) is 6.07 Å². The summed E-state index contributed by atoms with van der Waals surface area (Å²) in [7, 11) is 0. The van der Waals surface area contributed by atoms with E-state index in [1.165, 1.54) is 0 Å². The topological polar surface area (TPSA) is 63.8 Å². The van der Waals surface area contributed by atoms with E-state index in [1.54, 1.807) is 6.20 Å². The summed E-state index contributed by atoms with van der Waals surface area (Å²) >= 11 is 0. The Morgan fingerprint density at radius 2 is 1.71 bits per heavy atom. The predicted octanol–water partition coefficient (Wildman–Crippen LogP) is 4.05. The smallest absolute Gasteiger partial charge is 0.149 e. The van der Waals surface area contributed by atoms with Crippen LogP contribution in [0.1, 0.15) is 0 Å². The number of nitrogens with zero attached hydrogens (tertiary/aromatic N) is 2. The van der Waals surface area contributed by atoms with Gasteiger partial charge < -0.3 is 5.43 Å². The second kappa shape index (κ2) is 6.10. The minimum atomic E-state index is 0.616. The van der Waals surface area contributed by atoms with Crippen LogP contribution in [0.5, 0.6) is 0 Å². The fourth-order valence-electron chi connectivity index (χ4n) is 2.81. The van der Waals surface area contributed by atoms with Gasteiger partial charge in [0.15, 0.2) is 0 Å². The van der Waals surface area contributed by atoms with Gasteiger partial charge in [0.2, 0.25) is 0 Å². The number of hydrogen-bond donors (Lipinski definition) is 2. The largest absolute Gasteiger partial charge is 0.308 e. The van der Waals surface area contributed by atoms with E-state index in [-0.39, 0.29) is 0 Å². The highest BCUT2D eigenvalue weighted by molar-refractivity contribution is 5.96. The van der Waals surface area contributed by atoms with Crippen molar-refractivity contribution in [2.45, 2.75) is 0 Å². The molecule has 115 valence electrons. The molecule has 4 heteroatoms. The molecule has 0 bridgehead atoms. The molecule has 2 aromatic carbocycles. The molecular formula is C20H15N4. The fourth-order valence-corrected chi connectivity index (χ4v) is 2.81. The van der Waals surface area contributed by atoms with Crippen LogP contribution in [-0.4, -0.2) is 9.97 Å². The number of nitrogens with one attached hydrogen (secondary N) is 1. The monoisotopic (exact) mass is 311 g/mol. The van der Waals surface area contributed by atoms with Crippen molar-refractivity contribution in [2.75, 3.05) is 5.43 Å². The molecule has 0 unspecified atom stereocenters. The van der Waals surface area contributed by atoms with Gasteiger partial charge in [-0.2, -0.15) is 0 Å². The second-order valence-corrected chi connectivity index (χ2v) is 5.41. The first-order valence-electron chi connectivity index (χ1n) is 7.65. The lowest BCUT2D eigenvalue weighted by molar-refractivity contribution is 1.24. The maximum atomic E-state index is 5.61. The van der Waals surface area contributed by atoms with Crippen LogP contribution in [0.15, 0.2) is 72.9 Å². The maximum absolute atomic E-state index is 5.61. The normalized spacial score (nSPS) is 10.7. The van der Waals surface area contributed by atoms with E-state index in [0.29, 0.717) is 5.82 Å². The molecule has 2 aromatic heterocycles. The molecule has 4 rings (SSSR count). The summed E-state index contributed by atoms with van der Waals surface area (Å²) in [5.74, 6) is 6.23. The molecular weight excluding hydrogens is 296 g/mol. The number of hydrazine groups is 1.